The summed E-state index contributed by atoms with van der Waals surface area (Å²) in [5, 5.41) is 15.4. The van der Waals surface area contributed by atoms with Crippen molar-refractivity contribution in [3.8, 4) is 0 Å². The first-order chi connectivity index (χ1) is 21.3. The molecule has 2 heterocycles. The highest BCUT2D eigenvalue weighted by Crippen LogP contribution is 2.26. The molecule has 1 unspecified atom stereocenters. The van der Waals surface area contributed by atoms with Crippen molar-refractivity contribution in [1.29, 1.82) is 0 Å². The summed E-state index contributed by atoms with van der Waals surface area (Å²) in [7, 11) is 0. The molecule has 0 bridgehead atoms. The number of amides is 4. The average Bonchev–Trinajstić information content (AvgIpc) is 3.67. The van der Waals surface area contributed by atoms with Gasteiger partial charge in [-0.2, -0.15) is 0 Å². The van der Waals surface area contributed by atoms with Gasteiger partial charge in [-0.05, 0) is 31.7 Å². The number of likely N-dealkylation sites (tertiary alicyclic amines) is 2. The number of benzene rings is 2. The van der Waals surface area contributed by atoms with Crippen LogP contribution in [0.5, 0.6) is 0 Å². The van der Waals surface area contributed by atoms with Crippen LogP contribution in [0.1, 0.15) is 37.3 Å². The van der Waals surface area contributed by atoms with E-state index in [4.69, 9.17) is 5.73 Å². The summed E-state index contributed by atoms with van der Waals surface area (Å²) in [6, 6.07) is 5.53. The molecule has 4 amide bonds. The number of halogens is 5. The van der Waals surface area contributed by atoms with E-state index in [9.17, 15) is 46.2 Å². The monoisotopic (exact) mass is 639 g/mol. The fourth-order valence-corrected chi connectivity index (χ4v) is 5.71. The van der Waals surface area contributed by atoms with Crippen LogP contribution in [0.2, 0.25) is 0 Å². The third-order valence-corrected chi connectivity index (χ3v) is 7.97. The van der Waals surface area contributed by atoms with Crippen molar-refractivity contribution in [3.63, 3.8) is 0 Å². The Balaban J connectivity index is 1.34. The first kappa shape index (κ1) is 33.8. The highest BCUT2D eigenvalue weighted by Gasteiger charge is 2.44. The lowest BCUT2D eigenvalue weighted by atomic mass is 10.0. The molecule has 0 saturated carbocycles. The third-order valence-electron chi connectivity index (χ3n) is 7.97. The van der Waals surface area contributed by atoms with E-state index < -0.39 is 95.5 Å². The predicted octanol–water partition coefficient (Wildman–Crippen LogP) is 1.07. The van der Waals surface area contributed by atoms with E-state index in [1.54, 1.807) is 0 Å². The van der Waals surface area contributed by atoms with Gasteiger partial charge >= 0.3 is 0 Å². The van der Waals surface area contributed by atoms with Crippen LogP contribution >= 0.6 is 0 Å². The molecule has 15 heteroatoms. The normalized spacial score (nSPS) is 21.0. The van der Waals surface area contributed by atoms with Gasteiger partial charge in [-0.3, -0.25) is 19.2 Å². The maximum Gasteiger partial charge on any atom is 0.246 e. The second-order valence-electron chi connectivity index (χ2n) is 11.3. The van der Waals surface area contributed by atoms with Crippen LogP contribution in [-0.4, -0.2) is 88.4 Å². The summed E-state index contributed by atoms with van der Waals surface area (Å²) in [4.78, 5) is 54.6. The maximum atomic E-state index is 14.0. The van der Waals surface area contributed by atoms with Gasteiger partial charge in [0, 0.05) is 37.5 Å². The summed E-state index contributed by atoms with van der Waals surface area (Å²) < 4.78 is 68.3. The smallest absolute Gasteiger partial charge is 0.246 e. The van der Waals surface area contributed by atoms with Crippen molar-refractivity contribution in [2.45, 2.75) is 69.3 Å². The quantitative estimate of drug-likeness (QED) is 0.174. The number of nitrogens with one attached hydrogen (secondary N) is 2. The topological polar surface area (TPSA) is 145 Å². The molecule has 5 atom stereocenters. The first-order valence-corrected chi connectivity index (χ1v) is 14.5. The van der Waals surface area contributed by atoms with E-state index >= 15 is 0 Å². The van der Waals surface area contributed by atoms with Gasteiger partial charge < -0.3 is 31.3 Å². The van der Waals surface area contributed by atoms with Crippen LogP contribution in [0.4, 0.5) is 22.0 Å². The molecule has 5 N–H and O–H groups in total. The number of hydrogen-bond acceptors (Lipinski definition) is 6. The Morgan fingerprint density at radius 2 is 1.56 bits per heavy atom. The number of rotatable bonds is 10. The van der Waals surface area contributed by atoms with E-state index in [-0.39, 0.29) is 32.0 Å². The van der Waals surface area contributed by atoms with Gasteiger partial charge in [0.05, 0.1) is 18.7 Å². The van der Waals surface area contributed by atoms with E-state index in [0.717, 1.165) is 5.56 Å². The molecule has 2 saturated heterocycles. The Morgan fingerprint density at radius 1 is 0.933 bits per heavy atom. The molecule has 2 aliphatic heterocycles. The molecule has 45 heavy (non-hydrogen) atoms. The van der Waals surface area contributed by atoms with Gasteiger partial charge in [0.15, 0.2) is 23.3 Å². The molecule has 2 aliphatic rings. The molecule has 0 aromatic heterocycles. The number of hydrogen-bond donors (Lipinski definition) is 4. The number of carbonyl (C=O) groups excluding carboxylic acids is 4. The Labute approximate surface area is 255 Å². The van der Waals surface area contributed by atoms with Crippen LogP contribution in [0, 0.1) is 29.1 Å². The first-order valence-electron chi connectivity index (χ1n) is 14.5. The molecular formula is C30H34F5N5O5. The summed E-state index contributed by atoms with van der Waals surface area (Å²) in [5.41, 5.74) is 5.36. The fraction of sp³-hybridized carbons (Fsp3) is 0.467. The lowest BCUT2D eigenvalue weighted by molar-refractivity contribution is -0.146. The minimum absolute atomic E-state index is 0.0211. The van der Waals surface area contributed by atoms with E-state index in [0.29, 0.717) is 12.8 Å². The lowest BCUT2D eigenvalue weighted by Gasteiger charge is -2.31. The zero-order chi connectivity index (χ0) is 33.0. The molecular weight excluding hydrogens is 605 g/mol. The fourth-order valence-electron chi connectivity index (χ4n) is 5.71. The van der Waals surface area contributed by atoms with Crippen LogP contribution in [-0.2, 0) is 32.0 Å². The predicted molar refractivity (Wildman–Crippen MR) is 150 cm³/mol. The van der Waals surface area contributed by atoms with E-state index in [1.165, 1.54) is 9.80 Å². The Morgan fingerprint density at radius 3 is 2.20 bits per heavy atom. The van der Waals surface area contributed by atoms with E-state index in [1.807, 2.05) is 37.3 Å². The van der Waals surface area contributed by atoms with E-state index in [2.05, 4.69) is 10.6 Å². The summed E-state index contributed by atoms with van der Waals surface area (Å²) in [6.45, 7) is 1.20. The van der Waals surface area contributed by atoms with Crippen LogP contribution < -0.4 is 16.4 Å². The molecule has 2 fully saturated rings. The molecule has 0 radical (unpaired) electrons. The number of aliphatic hydroxyl groups is 1. The average molecular weight is 640 g/mol. The summed E-state index contributed by atoms with van der Waals surface area (Å²) in [6.07, 6.45) is -0.703. The Kier molecular flexibility index (Phi) is 10.8. The molecule has 4 rings (SSSR count). The van der Waals surface area contributed by atoms with Gasteiger partial charge in [0.25, 0.3) is 0 Å². The van der Waals surface area contributed by atoms with Crippen molar-refractivity contribution in [2.75, 3.05) is 19.6 Å². The zero-order valence-electron chi connectivity index (χ0n) is 24.4. The van der Waals surface area contributed by atoms with Crippen molar-refractivity contribution in [3.05, 3.63) is 70.5 Å². The highest BCUT2D eigenvalue weighted by atomic mass is 19.2. The number of nitrogens with zero attached hydrogens (tertiary/aromatic N) is 2. The number of nitrogens with two attached hydrogens (primary N) is 1. The van der Waals surface area contributed by atoms with Crippen LogP contribution in [0.15, 0.2) is 30.3 Å². The largest absolute Gasteiger partial charge is 0.391 e. The van der Waals surface area contributed by atoms with Gasteiger partial charge in [0.1, 0.15) is 12.1 Å². The highest BCUT2D eigenvalue weighted by molar-refractivity contribution is 5.94. The van der Waals surface area contributed by atoms with Crippen LogP contribution in [0.25, 0.3) is 0 Å². The lowest BCUT2D eigenvalue weighted by Crippen LogP contribution is -2.55. The SMILES string of the molecule is C[C@H](Cc1ccccc1)NC(=O)[C@@H]1C[C@@H](O)CN1C(=O)C1CCCN1C(=O)CNC(=O)[C@@H](N)Cc1c(F)c(F)c(F)c(F)c1F. The molecule has 10 nitrogen and oxygen atoms in total. The van der Waals surface area contributed by atoms with Crippen molar-refractivity contribution in [1.82, 2.24) is 20.4 Å². The standard InChI is InChI=1S/C30H34F5N5O5/c1-15(10-16-6-3-2-4-7-16)38-29(44)21-11-17(41)14-40(21)30(45)20-8-5-9-39(20)22(42)13-37-28(43)19(36)12-18-23(31)25(33)27(35)26(34)24(18)32/h2-4,6-7,15,17,19-21,41H,5,8-14,36H2,1H3,(H,37,43)(H,38,44)/t15-,17-,19+,20?,21+/m1/s1. The molecule has 244 valence electrons. The van der Waals surface area contributed by atoms with Crippen molar-refractivity contribution < 1.29 is 46.2 Å². The second-order valence-corrected chi connectivity index (χ2v) is 11.3. The summed E-state index contributed by atoms with van der Waals surface area (Å²) in [5.74, 6) is -13.7. The Bertz CT molecular complexity index is 1420. The van der Waals surface area contributed by atoms with Gasteiger partial charge in [0.2, 0.25) is 29.4 Å². The third kappa shape index (κ3) is 7.59. The molecule has 0 aliphatic carbocycles. The number of β-amino-alcohol motifs (C(OH)–C–C–N with tert-alkyl or cyclic N) is 1. The minimum Gasteiger partial charge on any atom is -0.391 e. The number of carbonyl (C=O) groups is 4. The minimum atomic E-state index is -2.35. The zero-order valence-corrected chi connectivity index (χ0v) is 24.4. The molecule has 2 aromatic rings. The van der Waals surface area contributed by atoms with Gasteiger partial charge in [-0.25, -0.2) is 22.0 Å². The maximum absolute atomic E-state index is 14.0. The van der Waals surface area contributed by atoms with Crippen LogP contribution in [0.3, 0.4) is 0 Å². The molecule has 2 aromatic carbocycles. The number of aliphatic hydroxyl groups excluding tert-OH is 1. The second kappa shape index (κ2) is 14.3. The Hall–Kier alpha value is -4.11. The summed E-state index contributed by atoms with van der Waals surface area (Å²) >= 11 is 0. The van der Waals surface area contributed by atoms with Gasteiger partial charge in [-0.15, -0.1) is 0 Å². The van der Waals surface area contributed by atoms with Crippen molar-refractivity contribution in [2.24, 2.45) is 5.73 Å². The van der Waals surface area contributed by atoms with Crippen molar-refractivity contribution >= 4 is 23.6 Å². The molecule has 0 spiro atoms. The van der Waals surface area contributed by atoms with Gasteiger partial charge in [-0.1, -0.05) is 30.3 Å².